The predicted octanol–water partition coefficient (Wildman–Crippen LogP) is -0.328. The molecule has 1 N–H and O–H groups in total. The number of amides is 2. The first-order valence-electron chi connectivity index (χ1n) is 7.27. The summed E-state index contributed by atoms with van der Waals surface area (Å²) in [6.45, 7) is 4.31. The van der Waals surface area contributed by atoms with Gasteiger partial charge in [0, 0.05) is 32.2 Å². The number of piperazine rings is 1. The number of urea groups is 1. The smallest absolute Gasteiger partial charge is 0.328 e. The van der Waals surface area contributed by atoms with E-state index in [2.05, 4.69) is 4.90 Å². The maximum Gasteiger partial charge on any atom is 0.328 e. The van der Waals surface area contributed by atoms with E-state index in [1.54, 1.807) is 0 Å². The van der Waals surface area contributed by atoms with E-state index in [-0.39, 0.29) is 12.6 Å². The molecular formula is C13H21N3O4. The number of aliphatic carboxylic acids is 1. The second kappa shape index (κ2) is 5.57. The molecule has 0 radical (unpaired) electrons. The van der Waals surface area contributed by atoms with Gasteiger partial charge in [0.25, 0.3) is 0 Å². The van der Waals surface area contributed by atoms with Gasteiger partial charge in [0.1, 0.15) is 0 Å². The van der Waals surface area contributed by atoms with Gasteiger partial charge in [-0.25, -0.2) is 9.59 Å². The molecule has 0 saturated carbocycles. The fourth-order valence-electron chi connectivity index (χ4n) is 3.38. The summed E-state index contributed by atoms with van der Waals surface area (Å²) in [7, 11) is 0. The van der Waals surface area contributed by atoms with E-state index in [9.17, 15) is 14.7 Å². The Kier molecular flexibility index (Phi) is 3.80. The topological polar surface area (TPSA) is 73.3 Å². The van der Waals surface area contributed by atoms with Gasteiger partial charge in [0.15, 0.2) is 6.04 Å². The second-order valence-corrected chi connectivity index (χ2v) is 5.68. The summed E-state index contributed by atoms with van der Waals surface area (Å²) in [6.07, 6.45) is 2.33. The normalized spacial score (nSPS) is 31.2. The van der Waals surface area contributed by atoms with Crippen molar-refractivity contribution in [2.75, 3.05) is 45.9 Å². The van der Waals surface area contributed by atoms with Crippen LogP contribution in [0.25, 0.3) is 0 Å². The molecule has 20 heavy (non-hydrogen) atoms. The van der Waals surface area contributed by atoms with Crippen LogP contribution in [0.15, 0.2) is 0 Å². The molecule has 0 spiro atoms. The standard InChI is InChI=1S/C13H21N3O4/c17-12(18)11-9-20-7-6-16(11)13(19)15-5-4-14-3-1-2-10(14)8-15/h10-11H,1-9H2,(H,17,18). The van der Waals surface area contributed by atoms with Gasteiger partial charge in [0.2, 0.25) is 0 Å². The fraction of sp³-hybridized carbons (Fsp3) is 0.846. The first-order valence-corrected chi connectivity index (χ1v) is 7.27. The van der Waals surface area contributed by atoms with E-state index in [1.165, 1.54) is 11.3 Å². The molecule has 2 amide bonds. The number of hydrogen-bond donors (Lipinski definition) is 1. The van der Waals surface area contributed by atoms with Gasteiger partial charge in [-0.1, -0.05) is 0 Å². The number of nitrogens with zero attached hydrogens (tertiary/aromatic N) is 3. The van der Waals surface area contributed by atoms with Crippen molar-refractivity contribution in [2.24, 2.45) is 0 Å². The third-order valence-corrected chi connectivity index (χ3v) is 4.52. The molecule has 0 aromatic heterocycles. The number of carbonyl (C=O) groups excluding carboxylic acids is 1. The van der Waals surface area contributed by atoms with Crippen molar-refractivity contribution < 1.29 is 19.4 Å². The van der Waals surface area contributed by atoms with Gasteiger partial charge in [-0.2, -0.15) is 0 Å². The molecule has 3 saturated heterocycles. The Morgan fingerprint density at radius 3 is 2.80 bits per heavy atom. The van der Waals surface area contributed by atoms with Crippen molar-refractivity contribution in [2.45, 2.75) is 24.9 Å². The van der Waals surface area contributed by atoms with E-state index in [1.807, 2.05) is 4.90 Å². The Morgan fingerprint density at radius 1 is 1.15 bits per heavy atom. The van der Waals surface area contributed by atoms with Crippen LogP contribution in [-0.4, -0.2) is 89.8 Å². The van der Waals surface area contributed by atoms with Gasteiger partial charge in [-0.05, 0) is 19.4 Å². The lowest BCUT2D eigenvalue weighted by molar-refractivity contribution is -0.147. The first kappa shape index (κ1) is 13.6. The van der Waals surface area contributed by atoms with Crippen molar-refractivity contribution in [3.63, 3.8) is 0 Å². The minimum Gasteiger partial charge on any atom is -0.480 e. The van der Waals surface area contributed by atoms with Crippen LogP contribution in [0.2, 0.25) is 0 Å². The first-order chi connectivity index (χ1) is 9.66. The Bertz CT molecular complexity index is 403. The quantitative estimate of drug-likeness (QED) is 0.713. The summed E-state index contributed by atoms with van der Waals surface area (Å²) in [6, 6.07) is -0.540. The number of fused-ring (bicyclic) bond motifs is 1. The number of carbonyl (C=O) groups is 2. The Balaban J connectivity index is 1.66. The van der Waals surface area contributed by atoms with Crippen LogP contribution in [-0.2, 0) is 9.53 Å². The Morgan fingerprint density at radius 2 is 2.00 bits per heavy atom. The highest BCUT2D eigenvalue weighted by atomic mass is 16.5. The highest BCUT2D eigenvalue weighted by Gasteiger charge is 2.38. The number of carboxylic acid groups (broad SMARTS) is 1. The van der Waals surface area contributed by atoms with Crippen LogP contribution in [0.4, 0.5) is 4.79 Å². The molecular weight excluding hydrogens is 262 g/mol. The zero-order valence-corrected chi connectivity index (χ0v) is 11.5. The zero-order chi connectivity index (χ0) is 14.1. The van der Waals surface area contributed by atoms with Gasteiger partial charge >= 0.3 is 12.0 Å². The maximum absolute atomic E-state index is 12.6. The second-order valence-electron chi connectivity index (χ2n) is 5.68. The third-order valence-electron chi connectivity index (χ3n) is 4.52. The van der Waals surface area contributed by atoms with E-state index in [4.69, 9.17) is 4.74 Å². The molecule has 0 aromatic carbocycles. The highest BCUT2D eigenvalue weighted by Crippen LogP contribution is 2.23. The Hall–Kier alpha value is -1.34. The van der Waals surface area contributed by atoms with Crippen molar-refractivity contribution in [3.05, 3.63) is 0 Å². The molecule has 2 unspecified atom stereocenters. The van der Waals surface area contributed by atoms with Crippen LogP contribution >= 0.6 is 0 Å². The number of carboxylic acids is 1. The molecule has 3 rings (SSSR count). The maximum atomic E-state index is 12.6. The molecule has 112 valence electrons. The van der Waals surface area contributed by atoms with Gasteiger partial charge < -0.3 is 19.6 Å². The fourth-order valence-corrected chi connectivity index (χ4v) is 3.38. The molecule has 0 aliphatic carbocycles. The van der Waals surface area contributed by atoms with Crippen molar-refractivity contribution in [3.8, 4) is 0 Å². The lowest BCUT2D eigenvalue weighted by Gasteiger charge is -2.42. The third kappa shape index (κ3) is 2.47. The van der Waals surface area contributed by atoms with Crippen LogP contribution in [0.3, 0.4) is 0 Å². The highest BCUT2D eigenvalue weighted by molar-refractivity contribution is 5.83. The largest absolute Gasteiger partial charge is 0.480 e. The van der Waals surface area contributed by atoms with Crippen molar-refractivity contribution in [1.82, 2.24) is 14.7 Å². The number of morpholine rings is 1. The molecule has 3 aliphatic rings. The molecule has 7 nitrogen and oxygen atoms in total. The van der Waals surface area contributed by atoms with E-state index in [0.717, 1.165) is 26.1 Å². The monoisotopic (exact) mass is 283 g/mol. The molecule has 7 heteroatoms. The summed E-state index contributed by atoms with van der Waals surface area (Å²) in [5, 5.41) is 9.21. The summed E-state index contributed by atoms with van der Waals surface area (Å²) in [5.41, 5.74) is 0. The lowest BCUT2D eigenvalue weighted by Crippen LogP contribution is -2.60. The van der Waals surface area contributed by atoms with Crippen LogP contribution in [0.1, 0.15) is 12.8 Å². The van der Waals surface area contributed by atoms with Crippen LogP contribution in [0.5, 0.6) is 0 Å². The molecule has 3 fully saturated rings. The van der Waals surface area contributed by atoms with Gasteiger partial charge in [-0.3, -0.25) is 4.90 Å². The van der Waals surface area contributed by atoms with Crippen LogP contribution < -0.4 is 0 Å². The summed E-state index contributed by atoms with van der Waals surface area (Å²) >= 11 is 0. The average Bonchev–Trinajstić information content (AvgIpc) is 2.93. The van der Waals surface area contributed by atoms with E-state index < -0.39 is 12.0 Å². The van der Waals surface area contributed by atoms with E-state index in [0.29, 0.717) is 25.7 Å². The van der Waals surface area contributed by atoms with Crippen LogP contribution in [0, 0.1) is 0 Å². The summed E-state index contributed by atoms with van der Waals surface area (Å²) in [5.74, 6) is -0.988. The molecule has 3 aliphatic heterocycles. The van der Waals surface area contributed by atoms with Gasteiger partial charge in [0.05, 0.1) is 13.2 Å². The predicted molar refractivity (Wildman–Crippen MR) is 70.5 cm³/mol. The van der Waals surface area contributed by atoms with Crippen molar-refractivity contribution >= 4 is 12.0 Å². The van der Waals surface area contributed by atoms with Crippen molar-refractivity contribution in [1.29, 1.82) is 0 Å². The minimum atomic E-state index is -0.988. The Labute approximate surface area is 118 Å². The van der Waals surface area contributed by atoms with E-state index >= 15 is 0 Å². The molecule has 0 bridgehead atoms. The van der Waals surface area contributed by atoms with Gasteiger partial charge in [-0.15, -0.1) is 0 Å². The zero-order valence-electron chi connectivity index (χ0n) is 11.5. The number of hydrogen-bond acceptors (Lipinski definition) is 4. The number of rotatable bonds is 1. The molecule has 3 heterocycles. The molecule has 2 atom stereocenters. The average molecular weight is 283 g/mol. The molecule has 0 aromatic rings. The summed E-state index contributed by atoms with van der Waals surface area (Å²) in [4.78, 5) is 29.5. The number of ether oxygens (including phenoxy) is 1. The SMILES string of the molecule is O=C(O)C1COCCN1C(=O)N1CCN2CCCC2C1. The minimum absolute atomic E-state index is 0.0878. The lowest BCUT2D eigenvalue weighted by atomic mass is 10.1. The summed E-state index contributed by atoms with van der Waals surface area (Å²) < 4.78 is 5.18.